The van der Waals surface area contributed by atoms with E-state index in [1.54, 1.807) is 0 Å². The van der Waals surface area contributed by atoms with E-state index in [9.17, 15) is 0 Å². The molecule has 0 unspecified atom stereocenters. The topological polar surface area (TPSA) is 16.4 Å². The summed E-state index contributed by atoms with van der Waals surface area (Å²) in [6.45, 7) is 0. The first-order valence-corrected chi connectivity index (χ1v) is 16.7. The molecule has 0 spiro atoms. The maximum absolute atomic E-state index is 6.50. The molecule has 0 bridgehead atoms. The predicted octanol–water partition coefficient (Wildman–Crippen LogP) is 13.4. The molecule has 0 aliphatic rings. The highest BCUT2D eigenvalue weighted by Gasteiger charge is 2.19. The van der Waals surface area contributed by atoms with Crippen molar-refractivity contribution in [3.63, 3.8) is 0 Å². The highest BCUT2D eigenvalue weighted by molar-refractivity contribution is 7.27. The first-order valence-electron chi connectivity index (χ1n) is 15.9. The predicted molar refractivity (Wildman–Crippen MR) is 202 cm³/mol. The van der Waals surface area contributed by atoms with Crippen LogP contribution in [0.4, 0.5) is 17.1 Å². The Morgan fingerprint density at radius 3 is 1.96 bits per heavy atom. The molecule has 10 rings (SSSR count). The van der Waals surface area contributed by atoms with Crippen LogP contribution in [0.3, 0.4) is 0 Å². The molecule has 2 heterocycles. The first-order chi connectivity index (χ1) is 23.3. The van der Waals surface area contributed by atoms with Gasteiger partial charge in [0.1, 0.15) is 11.2 Å². The van der Waals surface area contributed by atoms with Crippen molar-refractivity contribution in [2.24, 2.45) is 0 Å². The molecule has 0 atom stereocenters. The molecule has 2 aromatic heterocycles. The van der Waals surface area contributed by atoms with Gasteiger partial charge < -0.3 is 9.32 Å². The molecule has 0 amide bonds. The Morgan fingerprint density at radius 1 is 0.404 bits per heavy atom. The van der Waals surface area contributed by atoms with E-state index in [1.807, 2.05) is 11.3 Å². The molecule has 8 aromatic carbocycles. The second-order valence-electron chi connectivity index (χ2n) is 12.1. The van der Waals surface area contributed by atoms with Crippen LogP contribution >= 0.6 is 11.3 Å². The lowest BCUT2D eigenvalue weighted by molar-refractivity contribution is 0.669. The summed E-state index contributed by atoms with van der Waals surface area (Å²) in [5.74, 6) is 0. The zero-order valence-electron chi connectivity index (χ0n) is 25.4. The van der Waals surface area contributed by atoms with Crippen LogP contribution in [-0.2, 0) is 0 Å². The van der Waals surface area contributed by atoms with E-state index in [0.29, 0.717) is 0 Å². The standard InChI is InChI=1S/C44H27NOS/c1-2-14-31(15-3-1)45(32-16-8-13-30(26-32)35-19-9-12-28-10-4-6-17-34(28)35)33-21-24-40-39(27-33)42-41(46-40)25-23-38-37-22-20-29-11-5-7-18-36(29)43(37)47-44(38)42/h1-27H. The van der Waals surface area contributed by atoms with Crippen molar-refractivity contribution in [3.05, 3.63) is 164 Å². The second-order valence-corrected chi connectivity index (χ2v) is 13.1. The lowest BCUT2D eigenvalue weighted by atomic mass is 9.97. The summed E-state index contributed by atoms with van der Waals surface area (Å²) < 4.78 is 9.09. The van der Waals surface area contributed by atoms with E-state index in [0.717, 1.165) is 33.6 Å². The van der Waals surface area contributed by atoms with Crippen molar-refractivity contribution < 1.29 is 4.42 Å². The van der Waals surface area contributed by atoms with Crippen LogP contribution in [0, 0.1) is 0 Å². The van der Waals surface area contributed by atoms with Gasteiger partial charge in [-0.25, -0.2) is 0 Å². The number of rotatable bonds is 4. The summed E-state index contributed by atoms with van der Waals surface area (Å²) in [5.41, 5.74) is 7.54. The smallest absolute Gasteiger partial charge is 0.136 e. The fourth-order valence-corrected chi connectivity index (χ4v) is 8.65. The Bertz CT molecular complexity index is 2800. The van der Waals surface area contributed by atoms with Crippen molar-refractivity contribution in [3.8, 4) is 11.1 Å². The van der Waals surface area contributed by atoms with Gasteiger partial charge in [-0.2, -0.15) is 0 Å². The molecule has 3 heteroatoms. The lowest BCUT2D eigenvalue weighted by Crippen LogP contribution is -2.09. The summed E-state index contributed by atoms with van der Waals surface area (Å²) in [7, 11) is 0. The maximum atomic E-state index is 6.50. The second kappa shape index (κ2) is 10.3. The van der Waals surface area contributed by atoms with Gasteiger partial charge in [0.05, 0.1) is 0 Å². The van der Waals surface area contributed by atoms with E-state index >= 15 is 0 Å². The average molecular weight is 618 g/mol. The number of para-hydroxylation sites is 1. The van der Waals surface area contributed by atoms with Crippen LogP contribution in [0.1, 0.15) is 0 Å². The third-order valence-corrected chi connectivity index (χ3v) is 10.7. The fraction of sp³-hybridized carbons (Fsp3) is 0. The van der Waals surface area contributed by atoms with Crippen molar-refractivity contribution in [1.82, 2.24) is 0 Å². The number of benzene rings is 8. The normalized spacial score (nSPS) is 11.8. The molecule has 0 saturated heterocycles. The Morgan fingerprint density at radius 2 is 1.06 bits per heavy atom. The van der Waals surface area contributed by atoms with Crippen molar-refractivity contribution in [1.29, 1.82) is 0 Å². The number of hydrogen-bond donors (Lipinski definition) is 0. The summed E-state index contributed by atoms with van der Waals surface area (Å²) in [6.07, 6.45) is 0. The highest BCUT2D eigenvalue weighted by atomic mass is 32.1. The Hall–Kier alpha value is -5.90. The summed E-state index contributed by atoms with van der Waals surface area (Å²) in [4.78, 5) is 2.35. The van der Waals surface area contributed by atoms with E-state index in [-0.39, 0.29) is 0 Å². The number of furan rings is 1. The first kappa shape index (κ1) is 26.3. The average Bonchev–Trinajstić information content (AvgIpc) is 3.70. The molecule has 0 aliphatic carbocycles. The molecule has 220 valence electrons. The van der Waals surface area contributed by atoms with Crippen LogP contribution in [0.25, 0.3) is 74.8 Å². The fourth-order valence-electron chi connectivity index (χ4n) is 7.26. The molecular formula is C44H27NOS. The van der Waals surface area contributed by atoms with Gasteiger partial charge in [-0.1, -0.05) is 109 Å². The van der Waals surface area contributed by atoms with E-state index < -0.39 is 0 Å². The molecule has 0 N–H and O–H groups in total. The van der Waals surface area contributed by atoms with E-state index in [1.165, 1.54) is 58.2 Å². The van der Waals surface area contributed by atoms with Gasteiger partial charge in [-0.05, 0) is 87.3 Å². The van der Waals surface area contributed by atoms with Crippen LogP contribution in [-0.4, -0.2) is 0 Å². The number of thiophene rings is 1. The summed E-state index contributed by atoms with van der Waals surface area (Å²) >= 11 is 1.87. The zero-order valence-corrected chi connectivity index (χ0v) is 26.2. The minimum absolute atomic E-state index is 0.899. The van der Waals surface area contributed by atoms with Gasteiger partial charge in [0.25, 0.3) is 0 Å². The molecule has 0 aliphatic heterocycles. The summed E-state index contributed by atoms with van der Waals surface area (Å²) in [6, 6.07) is 58.9. The van der Waals surface area contributed by atoms with Crippen LogP contribution in [0.15, 0.2) is 168 Å². The minimum atomic E-state index is 0.899. The van der Waals surface area contributed by atoms with Crippen molar-refractivity contribution >= 4 is 92.1 Å². The Balaban J connectivity index is 1.20. The monoisotopic (exact) mass is 617 g/mol. The molecule has 0 fully saturated rings. The molecular weight excluding hydrogens is 591 g/mol. The molecule has 47 heavy (non-hydrogen) atoms. The largest absolute Gasteiger partial charge is 0.456 e. The maximum Gasteiger partial charge on any atom is 0.136 e. The quantitative estimate of drug-likeness (QED) is 0.195. The molecule has 0 saturated carbocycles. The summed E-state index contributed by atoms with van der Waals surface area (Å²) in [5, 5.41) is 9.96. The van der Waals surface area contributed by atoms with E-state index in [2.05, 4.69) is 169 Å². The molecule has 10 aromatic rings. The highest BCUT2D eigenvalue weighted by Crippen LogP contribution is 2.46. The van der Waals surface area contributed by atoms with Crippen LogP contribution in [0.5, 0.6) is 0 Å². The van der Waals surface area contributed by atoms with E-state index in [4.69, 9.17) is 4.42 Å². The Kier molecular flexibility index (Phi) is 5.78. The Labute approximate surface area is 275 Å². The van der Waals surface area contributed by atoms with Crippen LogP contribution in [0.2, 0.25) is 0 Å². The van der Waals surface area contributed by atoms with Gasteiger partial charge in [-0.3, -0.25) is 0 Å². The molecule has 2 nitrogen and oxygen atoms in total. The SMILES string of the molecule is c1ccc(N(c2cccc(-c3cccc4ccccc34)c2)c2ccc3oc4ccc5c6ccc7ccccc7c6sc5c4c3c2)cc1. The lowest BCUT2D eigenvalue weighted by Gasteiger charge is -2.26. The third kappa shape index (κ3) is 4.10. The third-order valence-electron chi connectivity index (χ3n) is 9.42. The van der Waals surface area contributed by atoms with Crippen LogP contribution < -0.4 is 4.90 Å². The van der Waals surface area contributed by atoms with Gasteiger partial charge in [-0.15, -0.1) is 11.3 Å². The zero-order chi connectivity index (χ0) is 30.9. The van der Waals surface area contributed by atoms with Gasteiger partial charge in [0.2, 0.25) is 0 Å². The van der Waals surface area contributed by atoms with Crippen molar-refractivity contribution in [2.75, 3.05) is 4.90 Å². The number of fused-ring (bicyclic) bond motifs is 10. The van der Waals surface area contributed by atoms with Crippen molar-refractivity contribution in [2.45, 2.75) is 0 Å². The number of anilines is 3. The minimum Gasteiger partial charge on any atom is -0.456 e. The van der Waals surface area contributed by atoms with Gasteiger partial charge in [0.15, 0.2) is 0 Å². The molecule has 0 radical (unpaired) electrons. The number of nitrogens with zero attached hydrogens (tertiary/aromatic N) is 1. The van der Waals surface area contributed by atoms with Gasteiger partial charge in [0, 0.05) is 48.0 Å². The number of hydrogen-bond acceptors (Lipinski definition) is 3. The van der Waals surface area contributed by atoms with Gasteiger partial charge >= 0.3 is 0 Å².